The van der Waals surface area contributed by atoms with Crippen molar-refractivity contribution in [1.82, 2.24) is 4.90 Å². The van der Waals surface area contributed by atoms with Gasteiger partial charge < -0.3 is 20.3 Å². The highest BCUT2D eigenvalue weighted by Crippen LogP contribution is 2.08. The Balaban J connectivity index is 1.77. The van der Waals surface area contributed by atoms with Crippen molar-refractivity contribution in [2.75, 3.05) is 43.5 Å². The molecular formula is C25H35N3O3. The first-order chi connectivity index (χ1) is 15.2. The number of nitrogens with one attached hydrogen (secondary N) is 2. The number of ether oxygens (including phenoxy) is 1. The molecule has 0 aliphatic rings. The Bertz CT molecular complexity index is 696. The van der Waals surface area contributed by atoms with Gasteiger partial charge in [-0.2, -0.15) is 0 Å². The molecule has 0 bridgehead atoms. The minimum atomic E-state index is -0.0240. The first-order valence-corrected chi connectivity index (χ1v) is 11.2. The van der Waals surface area contributed by atoms with Crippen molar-refractivity contribution in [3.8, 4) is 0 Å². The Morgan fingerprint density at radius 3 is 1.71 bits per heavy atom. The molecule has 0 aliphatic carbocycles. The zero-order valence-corrected chi connectivity index (χ0v) is 18.5. The number of rotatable bonds is 15. The molecule has 0 saturated carbocycles. The van der Waals surface area contributed by atoms with Crippen LogP contribution >= 0.6 is 0 Å². The molecule has 6 nitrogen and oxygen atoms in total. The summed E-state index contributed by atoms with van der Waals surface area (Å²) in [6.07, 6.45) is 3.84. The summed E-state index contributed by atoms with van der Waals surface area (Å²) in [4.78, 5) is 26.8. The number of carbonyl (C=O) groups is 2. The van der Waals surface area contributed by atoms with Crippen molar-refractivity contribution in [1.29, 1.82) is 0 Å². The maximum Gasteiger partial charge on any atom is 0.225 e. The number of hydrogen-bond acceptors (Lipinski definition) is 4. The van der Waals surface area contributed by atoms with Crippen molar-refractivity contribution in [2.45, 2.75) is 39.0 Å². The molecule has 0 unspecified atom stereocenters. The van der Waals surface area contributed by atoms with Gasteiger partial charge in [-0.25, -0.2) is 0 Å². The number of hydrogen-bond donors (Lipinski definition) is 2. The Hall–Kier alpha value is -2.70. The monoisotopic (exact) mass is 425 g/mol. The van der Waals surface area contributed by atoms with Crippen molar-refractivity contribution in [3.63, 3.8) is 0 Å². The Morgan fingerprint density at radius 1 is 0.742 bits per heavy atom. The normalized spacial score (nSPS) is 10.8. The van der Waals surface area contributed by atoms with Crippen LogP contribution in [0.15, 0.2) is 60.7 Å². The summed E-state index contributed by atoms with van der Waals surface area (Å²) in [7, 11) is 0. The highest BCUT2D eigenvalue weighted by atomic mass is 16.5. The van der Waals surface area contributed by atoms with Gasteiger partial charge in [-0.3, -0.25) is 9.59 Å². The summed E-state index contributed by atoms with van der Waals surface area (Å²) in [6.45, 7) is 5.63. The van der Waals surface area contributed by atoms with Crippen LogP contribution in [0.2, 0.25) is 0 Å². The Kier molecular flexibility index (Phi) is 12.0. The summed E-state index contributed by atoms with van der Waals surface area (Å²) < 4.78 is 5.65. The number of benzene rings is 2. The molecule has 2 amide bonds. The topological polar surface area (TPSA) is 70.7 Å². The summed E-state index contributed by atoms with van der Waals surface area (Å²) in [6, 6.07) is 18.9. The van der Waals surface area contributed by atoms with Gasteiger partial charge in [0.2, 0.25) is 11.8 Å². The molecule has 168 valence electrons. The van der Waals surface area contributed by atoms with E-state index in [0.29, 0.717) is 32.5 Å². The van der Waals surface area contributed by atoms with Gasteiger partial charge in [0.05, 0.1) is 0 Å². The predicted octanol–water partition coefficient (Wildman–Crippen LogP) is 4.55. The van der Waals surface area contributed by atoms with Crippen molar-refractivity contribution in [3.05, 3.63) is 60.7 Å². The van der Waals surface area contributed by atoms with Crippen LogP contribution in [0.25, 0.3) is 0 Å². The fraction of sp³-hybridized carbons (Fsp3) is 0.440. The van der Waals surface area contributed by atoms with Crippen LogP contribution in [0, 0.1) is 0 Å². The van der Waals surface area contributed by atoms with E-state index in [0.717, 1.165) is 43.8 Å². The zero-order chi connectivity index (χ0) is 22.2. The fourth-order valence-corrected chi connectivity index (χ4v) is 3.08. The lowest BCUT2D eigenvalue weighted by molar-refractivity contribution is -0.116. The maximum absolute atomic E-state index is 12.3. The third-order valence-corrected chi connectivity index (χ3v) is 4.83. The highest BCUT2D eigenvalue weighted by molar-refractivity contribution is 5.91. The zero-order valence-electron chi connectivity index (χ0n) is 18.5. The lowest BCUT2D eigenvalue weighted by Gasteiger charge is -2.22. The molecule has 2 N–H and O–H groups in total. The van der Waals surface area contributed by atoms with Crippen molar-refractivity contribution >= 4 is 23.2 Å². The SMILES string of the molecule is CCCCOCCCN(CCC(=O)Nc1ccccc1)CCC(=O)Nc1ccccc1. The van der Waals surface area contributed by atoms with E-state index in [-0.39, 0.29) is 11.8 Å². The molecule has 2 rings (SSSR count). The molecule has 6 heteroatoms. The molecule has 0 aromatic heterocycles. The van der Waals surface area contributed by atoms with Gasteiger partial charge in [0.25, 0.3) is 0 Å². The van der Waals surface area contributed by atoms with Gasteiger partial charge >= 0.3 is 0 Å². The Labute approximate surface area is 186 Å². The summed E-state index contributed by atoms with van der Waals surface area (Å²) in [5.41, 5.74) is 1.59. The van der Waals surface area contributed by atoms with E-state index in [1.165, 1.54) is 0 Å². The number of amides is 2. The summed E-state index contributed by atoms with van der Waals surface area (Å²) in [5, 5.41) is 5.83. The molecule has 0 spiro atoms. The van der Waals surface area contributed by atoms with Crippen molar-refractivity contribution in [2.24, 2.45) is 0 Å². The van der Waals surface area contributed by atoms with Crippen LogP contribution in [0.1, 0.15) is 39.0 Å². The molecule has 0 saturated heterocycles. The van der Waals surface area contributed by atoms with E-state index in [2.05, 4.69) is 22.5 Å². The lowest BCUT2D eigenvalue weighted by Crippen LogP contribution is -2.32. The smallest absolute Gasteiger partial charge is 0.225 e. The Morgan fingerprint density at radius 2 is 1.23 bits per heavy atom. The third-order valence-electron chi connectivity index (χ3n) is 4.83. The number of carbonyl (C=O) groups excluding carboxylic acids is 2. The van der Waals surface area contributed by atoms with Gasteiger partial charge in [-0.15, -0.1) is 0 Å². The summed E-state index contributed by atoms with van der Waals surface area (Å²) in [5.74, 6) is -0.0479. The van der Waals surface area contributed by atoms with Gasteiger partial charge in [0.15, 0.2) is 0 Å². The van der Waals surface area contributed by atoms with Crippen molar-refractivity contribution < 1.29 is 14.3 Å². The fourth-order valence-electron chi connectivity index (χ4n) is 3.08. The van der Waals surface area contributed by atoms with E-state index in [1.807, 2.05) is 60.7 Å². The molecule has 0 atom stereocenters. The van der Waals surface area contributed by atoms with E-state index in [4.69, 9.17) is 4.74 Å². The first-order valence-electron chi connectivity index (χ1n) is 11.2. The van der Waals surface area contributed by atoms with Crippen LogP contribution in [0.4, 0.5) is 11.4 Å². The maximum atomic E-state index is 12.3. The second-order valence-corrected chi connectivity index (χ2v) is 7.49. The van der Waals surface area contributed by atoms with Gasteiger partial charge in [-0.1, -0.05) is 49.7 Å². The van der Waals surface area contributed by atoms with Crippen LogP contribution < -0.4 is 10.6 Å². The van der Waals surface area contributed by atoms with E-state index < -0.39 is 0 Å². The van der Waals surface area contributed by atoms with Crippen LogP contribution in [-0.2, 0) is 14.3 Å². The number of para-hydroxylation sites is 2. The van der Waals surface area contributed by atoms with Crippen LogP contribution in [0.3, 0.4) is 0 Å². The minimum Gasteiger partial charge on any atom is -0.381 e. The van der Waals surface area contributed by atoms with Gasteiger partial charge in [0.1, 0.15) is 0 Å². The van der Waals surface area contributed by atoms with E-state index in [9.17, 15) is 9.59 Å². The molecule has 0 radical (unpaired) electrons. The largest absolute Gasteiger partial charge is 0.381 e. The quantitative estimate of drug-likeness (QED) is 0.411. The second kappa shape index (κ2) is 15.2. The van der Waals surface area contributed by atoms with E-state index in [1.54, 1.807) is 0 Å². The van der Waals surface area contributed by atoms with Crippen LogP contribution in [-0.4, -0.2) is 49.6 Å². The average molecular weight is 426 g/mol. The first kappa shape index (κ1) is 24.6. The number of anilines is 2. The molecule has 31 heavy (non-hydrogen) atoms. The minimum absolute atomic E-state index is 0.0240. The average Bonchev–Trinajstić information content (AvgIpc) is 2.78. The second-order valence-electron chi connectivity index (χ2n) is 7.49. The van der Waals surface area contributed by atoms with Crippen LogP contribution in [0.5, 0.6) is 0 Å². The standard InChI is InChI=1S/C25H35N3O3/c1-2-3-20-31-21-10-17-28(18-15-24(29)26-22-11-6-4-7-12-22)19-16-25(30)27-23-13-8-5-9-14-23/h4-9,11-14H,2-3,10,15-21H2,1H3,(H,26,29)(H,27,30). The molecule has 2 aromatic rings. The predicted molar refractivity (Wildman–Crippen MR) is 126 cm³/mol. The number of unbranched alkanes of at least 4 members (excludes halogenated alkanes) is 1. The lowest BCUT2D eigenvalue weighted by atomic mass is 10.2. The summed E-state index contributed by atoms with van der Waals surface area (Å²) >= 11 is 0. The molecule has 0 fully saturated rings. The molecular weight excluding hydrogens is 390 g/mol. The molecule has 0 heterocycles. The van der Waals surface area contributed by atoms with Gasteiger partial charge in [-0.05, 0) is 37.1 Å². The highest BCUT2D eigenvalue weighted by Gasteiger charge is 2.11. The van der Waals surface area contributed by atoms with Gasteiger partial charge in [0, 0.05) is 57.1 Å². The third kappa shape index (κ3) is 11.3. The van der Waals surface area contributed by atoms with E-state index >= 15 is 0 Å². The molecule has 0 aliphatic heterocycles. The number of nitrogens with zero attached hydrogens (tertiary/aromatic N) is 1. The molecule has 2 aromatic carbocycles.